The first-order chi connectivity index (χ1) is 8.17. The second-order valence-corrected chi connectivity index (χ2v) is 5.35. The third-order valence-corrected chi connectivity index (χ3v) is 4.23. The molecule has 0 aliphatic carbocycles. The summed E-state index contributed by atoms with van der Waals surface area (Å²) in [5.41, 5.74) is 0.478. The Bertz CT molecular complexity index is 270. The SMILES string of the molecule is CCOC(C)C(=O)N1CCC2(CCNC2)CC1.Cl. The third-order valence-electron chi connectivity index (χ3n) is 4.23. The standard InChI is InChI=1S/C13H24N2O2.ClH/c1-3-17-11(2)12(16)15-8-5-13(6-9-15)4-7-14-10-13;/h11,14H,3-10H2,1-2H3;1H. The first-order valence-corrected chi connectivity index (χ1v) is 6.78. The Morgan fingerprint density at radius 2 is 2.06 bits per heavy atom. The normalized spacial score (nSPS) is 23.8. The molecule has 0 bridgehead atoms. The molecule has 2 saturated heterocycles. The Morgan fingerprint density at radius 3 is 2.56 bits per heavy atom. The number of carbonyl (C=O) groups is 1. The van der Waals surface area contributed by atoms with E-state index in [-0.39, 0.29) is 24.4 Å². The van der Waals surface area contributed by atoms with E-state index in [0.717, 1.165) is 39.0 Å². The van der Waals surface area contributed by atoms with Crippen LogP contribution in [0.15, 0.2) is 0 Å². The van der Waals surface area contributed by atoms with Gasteiger partial charge < -0.3 is 15.0 Å². The van der Waals surface area contributed by atoms with Gasteiger partial charge in [-0.1, -0.05) is 0 Å². The minimum Gasteiger partial charge on any atom is -0.369 e. The molecule has 5 heteroatoms. The van der Waals surface area contributed by atoms with E-state index in [1.165, 1.54) is 6.42 Å². The van der Waals surface area contributed by atoms with Crippen LogP contribution in [-0.2, 0) is 9.53 Å². The molecule has 0 aromatic rings. The largest absolute Gasteiger partial charge is 0.369 e. The van der Waals surface area contributed by atoms with Crippen molar-refractivity contribution in [2.24, 2.45) is 5.41 Å². The summed E-state index contributed by atoms with van der Waals surface area (Å²) in [6, 6.07) is 0. The lowest BCUT2D eigenvalue weighted by Crippen LogP contribution is -2.47. The summed E-state index contributed by atoms with van der Waals surface area (Å²) in [5.74, 6) is 0.160. The van der Waals surface area contributed by atoms with Gasteiger partial charge in [0.15, 0.2) is 0 Å². The third kappa shape index (κ3) is 3.37. The number of halogens is 1. The van der Waals surface area contributed by atoms with Crippen molar-refractivity contribution < 1.29 is 9.53 Å². The molecule has 2 rings (SSSR count). The van der Waals surface area contributed by atoms with Gasteiger partial charge >= 0.3 is 0 Å². The van der Waals surface area contributed by atoms with Crippen LogP contribution in [0.5, 0.6) is 0 Å². The van der Waals surface area contributed by atoms with Crippen LogP contribution in [-0.4, -0.2) is 49.7 Å². The van der Waals surface area contributed by atoms with Crippen molar-refractivity contribution in [1.29, 1.82) is 0 Å². The first kappa shape index (κ1) is 15.7. The van der Waals surface area contributed by atoms with E-state index in [1.54, 1.807) is 0 Å². The predicted molar refractivity (Wildman–Crippen MR) is 74.1 cm³/mol. The molecule has 1 spiro atoms. The summed E-state index contributed by atoms with van der Waals surface area (Å²) < 4.78 is 5.37. The summed E-state index contributed by atoms with van der Waals surface area (Å²) >= 11 is 0. The predicted octanol–water partition coefficient (Wildman–Crippen LogP) is 1.44. The Morgan fingerprint density at radius 1 is 1.39 bits per heavy atom. The average Bonchev–Trinajstić information content (AvgIpc) is 2.78. The molecule has 4 nitrogen and oxygen atoms in total. The van der Waals surface area contributed by atoms with Gasteiger partial charge in [0.2, 0.25) is 0 Å². The van der Waals surface area contributed by atoms with E-state index in [2.05, 4.69) is 5.32 Å². The molecule has 106 valence electrons. The highest BCUT2D eigenvalue weighted by Crippen LogP contribution is 2.36. The zero-order valence-electron chi connectivity index (χ0n) is 11.4. The Labute approximate surface area is 116 Å². The number of rotatable bonds is 3. The highest BCUT2D eigenvalue weighted by Gasteiger charge is 2.38. The van der Waals surface area contributed by atoms with Crippen molar-refractivity contribution in [1.82, 2.24) is 10.2 Å². The van der Waals surface area contributed by atoms with E-state index >= 15 is 0 Å². The number of hydrogen-bond donors (Lipinski definition) is 1. The van der Waals surface area contributed by atoms with E-state index in [9.17, 15) is 4.79 Å². The number of ether oxygens (including phenoxy) is 1. The average molecular weight is 277 g/mol. The summed E-state index contributed by atoms with van der Waals surface area (Å²) in [4.78, 5) is 14.1. The fourth-order valence-electron chi connectivity index (χ4n) is 3.00. The molecule has 0 aromatic heterocycles. The number of likely N-dealkylation sites (tertiary alicyclic amines) is 1. The van der Waals surface area contributed by atoms with Crippen LogP contribution in [0.4, 0.5) is 0 Å². The molecule has 18 heavy (non-hydrogen) atoms. The van der Waals surface area contributed by atoms with Gasteiger partial charge in [-0.3, -0.25) is 4.79 Å². The number of piperidine rings is 1. The van der Waals surface area contributed by atoms with E-state index in [1.807, 2.05) is 18.7 Å². The van der Waals surface area contributed by atoms with Crippen molar-refractivity contribution in [2.75, 3.05) is 32.8 Å². The fourth-order valence-corrected chi connectivity index (χ4v) is 3.00. The number of amides is 1. The maximum atomic E-state index is 12.1. The van der Waals surface area contributed by atoms with Crippen molar-refractivity contribution in [3.63, 3.8) is 0 Å². The number of carbonyl (C=O) groups excluding carboxylic acids is 1. The van der Waals surface area contributed by atoms with Gasteiger partial charge in [-0.2, -0.15) is 0 Å². The molecule has 1 amide bonds. The maximum Gasteiger partial charge on any atom is 0.251 e. The van der Waals surface area contributed by atoms with Gasteiger partial charge in [0.05, 0.1) is 0 Å². The minimum absolute atomic E-state index is 0. The Kier molecular flexibility index (Phi) is 5.89. The van der Waals surface area contributed by atoms with Crippen LogP contribution in [0, 0.1) is 5.41 Å². The first-order valence-electron chi connectivity index (χ1n) is 6.78. The van der Waals surface area contributed by atoms with Crippen LogP contribution in [0.1, 0.15) is 33.1 Å². The molecule has 2 heterocycles. The van der Waals surface area contributed by atoms with Crippen LogP contribution in [0.2, 0.25) is 0 Å². The minimum atomic E-state index is -0.282. The number of hydrogen-bond acceptors (Lipinski definition) is 3. The van der Waals surface area contributed by atoms with Gasteiger partial charge in [-0.15, -0.1) is 12.4 Å². The summed E-state index contributed by atoms with van der Waals surface area (Å²) in [6.45, 7) is 8.47. The topological polar surface area (TPSA) is 41.6 Å². The van der Waals surface area contributed by atoms with Crippen LogP contribution in [0.25, 0.3) is 0 Å². The summed E-state index contributed by atoms with van der Waals surface area (Å²) in [6.07, 6.45) is 3.28. The van der Waals surface area contributed by atoms with Crippen molar-refractivity contribution in [3.05, 3.63) is 0 Å². The lowest BCUT2D eigenvalue weighted by molar-refractivity contribution is -0.144. The Balaban J connectivity index is 0.00000162. The maximum absolute atomic E-state index is 12.1. The molecule has 1 atom stereocenters. The van der Waals surface area contributed by atoms with Gasteiger partial charge in [0, 0.05) is 26.2 Å². The molecule has 0 saturated carbocycles. The monoisotopic (exact) mass is 276 g/mol. The van der Waals surface area contributed by atoms with Gasteiger partial charge in [0.25, 0.3) is 5.91 Å². The van der Waals surface area contributed by atoms with Gasteiger partial charge in [-0.05, 0) is 45.1 Å². The summed E-state index contributed by atoms with van der Waals surface area (Å²) in [5, 5.41) is 3.44. The molecular weight excluding hydrogens is 252 g/mol. The van der Waals surface area contributed by atoms with E-state index in [0.29, 0.717) is 12.0 Å². The van der Waals surface area contributed by atoms with Crippen LogP contribution < -0.4 is 5.32 Å². The molecular formula is C13H25ClN2O2. The second kappa shape index (κ2) is 6.73. The molecule has 1 unspecified atom stereocenters. The molecule has 0 aromatic carbocycles. The molecule has 2 fully saturated rings. The quantitative estimate of drug-likeness (QED) is 0.848. The summed E-state index contributed by atoms with van der Waals surface area (Å²) in [7, 11) is 0. The zero-order valence-corrected chi connectivity index (χ0v) is 12.2. The van der Waals surface area contributed by atoms with Crippen molar-refractivity contribution in [2.45, 2.75) is 39.2 Å². The van der Waals surface area contributed by atoms with E-state index in [4.69, 9.17) is 4.74 Å². The molecule has 2 aliphatic heterocycles. The zero-order chi connectivity index (χ0) is 12.3. The Hall–Kier alpha value is -0.320. The number of nitrogens with zero attached hydrogens (tertiary/aromatic N) is 1. The highest BCUT2D eigenvalue weighted by molar-refractivity contribution is 5.85. The number of nitrogens with one attached hydrogen (secondary N) is 1. The van der Waals surface area contributed by atoms with E-state index < -0.39 is 0 Å². The smallest absolute Gasteiger partial charge is 0.251 e. The molecule has 1 N–H and O–H groups in total. The fraction of sp³-hybridized carbons (Fsp3) is 0.923. The molecule has 2 aliphatic rings. The lowest BCUT2D eigenvalue weighted by atomic mass is 9.78. The van der Waals surface area contributed by atoms with Gasteiger partial charge in [-0.25, -0.2) is 0 Å². The second-order valence-electron chi connectivity index (χ2n) is 5.35. The van der Waals surface area contributed by atoms with Crippen LogP contribution in [0.3, 0.4) is 0 Å². The van der Waals surface area contributed by atoms with Crippen LogP contribution >= 0.6 is 12.4 Å². The van der Waals surface area contributed by atoms with Crippen molar-refractivity contribution >= 4 is 18.3 Å². The van der Waals surface area contributed by atoms with Gasteiger partial charge in [0.1, 0.15) is 6.10 Å². The molecule has 0 radical (unpaired) electrons. The lowest BCUT2D eigenvalue weighted by Gasteiger charge is -2.39. The highest BCUT2D eigenvalue weighted by atomic mass is 35.5. The van der Waals surface area contributed by atoms with Crippen molar-refractivity contribution in [3.8, 4) is 0 Å².